The molecular formula is C20H19F4NO4. The number of likely N-dealkylation sites (tertiary alicyclic amines) is 1. The van der Waals surface area contributed by atoms with Gasteiger partial charge in [-0.05, 0) is 25.0 Å². The Labute approximate surface area is 164 Å². The maximum Gasteiger partial charge on any atom is 0.261 e. The Hall–Kier alpha value is -2.97. The van der Waals surface area contributed by atoms with Crippen LogP contribution in [0.1, 0.15) is 24.4 Å². The molecule has 1 unspecified atom stereocenters. The summed E-state index contributed by atoms with van der Waals surface area (Å²) in [5.74, 6) is -7.30. The summed E-state index contributed by atoms with van der Waals surface area (Å²) < 4.78 is 69.4. The van der Waals surface area contributed by atoms with Crippen molar-refractivity contribution < 1.29 is 36.6 Å². The molecule has 1 heterocycles. The fourth-order valence-electron chi connectivity index (χ4n) is 3.38. The molecule has 0 aromatic heterocycles. The number of carbonyl (C=O) groups excluding carboxylic acids is 1. The van der Waals surface area contributed by atoms with Gasteiger partial charge in [-0.3, -0.25) is 4.79 Å². The minimum atomic E-state index is -1.69. The van der Waals surface area contributed by atoms with Crippen molar-refractivity contribution >= 4 is 5.91 Å². The molecule has 1 amide bonds. The monoisotopic (exact) mass is 413 g/mol. The molecule has 1 atom stereocenters. The lowest BCUT2D eigenvalue weighted by Gasteiger charge is -2.26. The van der Waals surface area contributed by atoms with Crippen molar-refractivity contribution in [1.29, 1.82) is 0 Å². The van der Waals surface area contributed by atoms with E-state index in [-0.39, 0.29) is 12.1 Å². The van der Waals surface area contributed by atoms with Gasteiger partial charge in [0.2, 0.25) is 11.6 Å². The molecule has 9 heteroatoms. The van der Waals surface area contributed by atoms with E-state index in [1.54, 1.807) is 18.2 Å². The summed E-state index contributed by atoms with van der Waals surface area (Å²) in [7, 11) is 3.01. The SMILES string of the molecule is COc1ccc(C2CCCN2C(=O)COc2c(F)c(F)cc(F)c2F)c(OC)c1. The van der Waals surface area contributed by atoms with Crippen LogP contribution in [0.4, 0.5) is 17.6 Å². The second-order valence-electron chi connectivity index (χ2n) is 6.44. The van der Waals surface area contributed by atoms with Crippen LogP contribution in [0.25, 0.3) is 0 Å². The first-order valence-electron chi connectivity index (χ1n) is 8.84. The molecule has 29 heavy (non-hydrogen) atoms. The van der Waals surface area contributed by atoms with Crippen LogP contribution in [0, 0.1) is 23.3 Å². The van der Waals surface area contributed by atoms with Crippen LogP contribution >= 0.6 is 0 Å². The van der Waals surface area contributed by atoms with Crippen molar-refractivity contribution in [3.63, 3.8) is 0 Å². The summed E-state index contributed by atoms with van der Waals surface area (Å²) in [5, 5.41) is 0. The minimum absolute atomic E-state index is 0.0752. The third-order valence-electron chi connectivity index (χ3n) is 4.78. The lowest BCUT2D eigenvalue weighted by atomic mass is 10.0. The number of benzene rings is 2. The number of hydrogen-bond donors (Lipinski definition) is 0. The molecule has 0 spiro atoms. The molecule has 0 radical (unpaired) electrons. The summed E-state index contributed by atoms with van der Waals surface area (Å²) in [6.45, 7) is -0.379. The third kappa shape index (κ3) is 4.08. The van der Waals surface area contributed by atoms with Crippen molar-refractivity contribution in [3.05, 3.63) is 53.1 Å². The summed E-state index contributed by atoms with van der Waals surface area (Å²) in [5.41, 5.74) is 0.744. The van der Waals surface area contributed by atoms with E-state index in [0.29, 0.717) is 30.9 Å². The largest absolute Gasteiger partial charge is 0.497 e. The van der Waals surface area contributed by atoms with Gasteiger partial charge in [-0.25, -0.2) is 8.78 Å². The Kier molecular flexibility index (Phi) is 6.14. The van der Waals surface area contributed by atoms with Gasteiger partial charge in [-0.1, -0.05) is 0 Å². The molecule has 0 saturated carbocycles. The first-order chi connectivity index (χ1) is 13.9. The van der Waals surface area contributed by atoms with Crippen LogP contribution in [0.5, 0.6) is 17.2 Å². The molecule has 2 aromatic carbocycles. The smallest absolute Gasteiger partial charge is 0.261 e. The fraction of sp³-hybridized carbons (Fsp3) is 0.350. The van der Waals surface area contributed by atoms with E-state index in [1.165, 1.54) is 19.1 Å². The number of carbonyl (C=O) groups is 1. The van der Waals surface area contributed by atoms with Gasteiger partial charge >= 0.3 is 0 Å². The maximum atomic E-state index is 13.7. The van der Waals surface area contributed by atoms with Crippen molar-refractivity contribution in [3.8, 4) is 17.2 Å². The molecule has 0 aliphatic carbocycles. The highest BCUT2D eigenvalue weighted by Gasteiger charge is 2.33. The molecule has 1 saturated heterocycles. The summed E-state index contributed by atoms with van der Waals surface area (Å²) >= 11 is 0. The standard InChI is InChI=1S/C20H19F4NO4/c1-27-11-5-6-12(16(8-11)28-2)15-4-3-7-25(15)17(26)10-29-20-18(23)13(21)9-14(22)19(20)24/h5-6,8-9,15H,3-4,7,10H2,1-2H3. The molecule has 3 rings (SSSR count). The second-order valence-corrected chi connectivity index (χ2v) is 6.44. The van der Waals surface area contributed by atoms with Gasteiger partial charge in [0.1, 0.15) is 11.5 Å². The highest BCUT2D eigenvalue weighted by atomic mass is 19.2. The number of hydrogen-bond acceptors (Lipinski definition) is 4. The molecule has 156 valence electrons. The zero-order valence-corrected chi connectivity index (χ0v) is 15.8. The summed E-state index contributed by atoms with van der Waals surface area (Å²) in [6, 6.07) is 4.93. The Morgan fingerprint density at radius 2 is 1.76 bits per heavy atom. The van der Waals surface area contributed by atoms with Crippen molar-refractivity contribution in [2.75, 3.05) is 27.4 Å². The third-order valence-corrected chi connectivity index (χ3v) is 4.78. The van der Waals surface area contributed by atoms with Crippen LogP contribution < -0.4 is 14.2 Å². The number of rotatable bonds is 6. The number of amides is 1. The average Bonchev–Trinajstić information content (AvgIpc) is 3.21. The van der Waals surface area contributed by atoms with Gasteiger partial charge in [-0.15, -0.1) is 0 Å². The van der Waals surface area contributed by atoms with Gasteiger partial charge in [0.05, 0.1) is 20.3 Å². The van der Waals surface area contributed by atoms with Gasteiger partial charge < -0.3 is 19.1 Å². The van der Waals surface area contributed by atoms with Crippen molar-refractivity contribution in [1.82, 2.24) is 4.90 Å². The molecule has 0 bridgehead atoms. The lowest BCUT2D eigenvalue weighted by Crippen LogP contribution is -2.34. The predicted octanol–water partition coefficient (Wildman–Crippen LogP) is 4.00. The second kappa shape index (κ2) is 8.59. The molecule has 0 N–H and O–H groups in total. The topological polar surface area (TPSA) is 48.0 Å². The van der Waals surface area contributed by atoms with E-state index in [1.807, 2.05) is 0 Å². The van der Waals surface area contributed by atoms with Crippen LogP contribution in [0.15, 0.2) is 24.3 Å². The molecule has 1 aliphatic rings. The number of halogens is 4. The Morgan fingerprint density at radius 3 is 2.38 bits per heavy atom. The molecule has 2 aromatic rings. The van der Waals surface area contributed by atoms with Gasteiger partial charge in [0.15, 0.2) is 24.0 Å². The van der Waals surface area contributed by atoms with Crippen molar-refractivity contribution in [2.24, 2.45) is 0 Å². The van der Waals surface area contributed by atoms with Crippen LogP contribution in [0.3, 0.4) is 0 Å². The summed E-state index contributed by atoms with van der Waals surface area (Å²) in [6.07, 6.45) is 1.34. The van der Waals surface area contributed by atoms with Gasteiger partial charge in [0, 0.05) is 24.2 Å². The Balaban J connectivity index is 1.78. The molecule has 1 aliphatic heterocycles. The molecule has 1 fully saturated rings. The van der Waals surface area contributed by atoms with E-state index in [2.05, 4.69) is 0 Å². The van der Waals surface area contributed by atoms with Crippen molar-refractivity contribution in [2.45, 2.75) is 18.9 Å². The highest BCUT2D eigenvalue weighted by Crippen LogP contribution is 2.38. The van der Waals surface area contributed by atoms with Gasteiger partial charge in [-0.2, -0.15) is 8.78 Å². The zero-order chi connectivity index (χ0) is 21.1. The van der Waals surface area contributed by atoms with Crippen LogP contribution in [-0.2, 0) is 4.79 Å². The van der Waals surface area contributed by atoms with Crippen LogP contribution in [-0.4, -0.2) is 38.2 Å². The van der Waals surface area contributed by atoms with E-state index in [0.717, 1.165) is 5.56 Å². The summed E-state index contributed by atoms with van der Waals surface area (Å²) in [4.78, 5) is 14.1. The predicted molar refractivity (Wildman–Crippen MR) is 95.0 cm³/mol. The normalized spacial score (nSPS) is 16.1. The highest BCUT2D eigenvalue weighted by molar-refractivity contribution is 5.78. The Morgan fingerprint density at radius 1 is 1.07 bits per heavy atom. The van der Waals surface area contributed by atoms with Crippen LogP contribution in [0.2, 0.25) is 0 Å². The lowest BCUT2D eigenvalue weighted by molar-refractivity contribution is -0.134. The van der Waals surface area contributed by atoms with E-state index >= 15 is 0 Å². The fourth-order valence-corrected chi connectivity index (χ4v) is 3.38. The number of nitrogens with zero attached hydrogens (tertiary/aromatic N) is 1. The Bertz CT molecular complexity index is 896. The maximum absolute atomic E-state index is 13.7. The molecular weight excluding hydrogens is 394 g/mol. The quantitative estimate of drug-likeness (QED) is 0.531. The zero-order valence-electron chi connectivity index (χ0n) is 15.8. The first-order valence-corrected chi connectivity index (χ1v) is 8.84. The van der Waals surface area contributed by atoms with Gasteiger partial charge in [0.25, 0.3) is 5.91 Å². The first kappa shape index (κ1) is 20.8. The molecule has 5 nitrogen and oxygen atoms in total. The minimum Gasteiger partial charge on any atom is -0.497 e. The number of methoxy groups -OCH3 is 2. The van der Waals surface area contributed by atoms with E-state index in [4.69, 9.17) is 14.2 Å². The van der Waals surface area contributed by atoms with E-state index in [9.17, 15) is 22.4 Å². The van der Waals surface area contributed by atoms with E-state index < -0.39 is 41.5 Å². The average molecular weight is 413 g/mol. The number of ether oxygens (including phenoxy) is 3.